The molecule has 3 saturated heterocycles. The van der Waals surface area contributed by atoms with Crippen LogP contribution < -0.4 is 21.1 Å². The minimum atomic E-state index is -0.261. The minimum Gasteiger partial charge on any atom is -0.367 e. The average Bonchev–Trinajstić information content (AvgIpc) is 3.66. The highest BCUT2D eigenvalue weighted by molar-refractivity contribution is 6.01. The number of aryl methyl sites for hydroxylation is 1. The molecule has 4 fully saturated rings. The third-order valence-electron chi connectivity index (χ3n) is 11.7. The summed E-state index contributed by atoms with van der Waals surface area (Å²) < 4.78 is 1.72. The predicted octanol–water partition coefficient (Wildman–Crippen LogP) is 4.13. The Kier molecular flexibility index (Phi) is 9.78. The van der Waals surface area contributed by atoms with Gasteiger partial charge < -0.3 is 15.1 Å². The van der Waals surface area contributed by atoms with Crippen molar-refractivity contribution < 1.29 is 14.4 Å². The number of piperidine rings is 1. The fourth-order valence-corrected chi connectivity index (χ4v) is 8.58. The second-order valence-electron chi connectivity index (χ2n) is 15.1. The van der Waals surface area contributed by atoms with Crippen LogP contribution in [0.25, 0.3) is 11.0 Å². The number of hydrogen-bond acceptors (Lipinski definition) is 11. The second-order valence-corrected chi connectivity index (χ2v) is 15.1. The van der Waals surface area contributed by atoms with Crippen LogP contribution in [0.4, 0.5) is 17.5 Å². The molecule has 276 valence electrons. The van der Waals surface area contributed by atoms with E-state index in [4.69, 9.17) is 4.98 Å². The third kappa shape index (κ3) is 7.19. The highest BCUT2D eigenvalue weighted by Gasteiger charge is 2.34. The molecule has 53 heavy (non-hydrogen) atoms. The normalized spacial score (nSPS) is 20.5. The van der Waals surface area contributed by atoms with E-state index in [2.05, 4.69) is 53.5 Å². The maximum absolute atomic E-state index is 13.5. The first-order valence-electron chi connectivity index (χ1n) is 19.0. The maximum Gasteiger partial charge on any atom is 0.263 e. The summed E-state index contributed by atoms with van der Waals surface area (Å²) in [5.74, 6) is 0.146. The molecule has 4 aliphatic rings. The number of imide groups is 1. The highest BCUT2D eigenvalue weighted by atomic mass is 16.2. The first-order valence-corrected chi connectivity index (χ1v) is 19.0. The van der Waals surface area contributed by atoms with Crippen LogP contribution in [-0.4, -0.2) is 98.8 Å². The summed E-state index contributed by atoms with van der Waals surface area (Å²) in [6.45, 7) is 10.3. The van der Waals surface area contributed by atoms with Gasteiger partial charge in [-0.3, -0.25) is 34.0 Å². The summed E-state index contributed by atoms with van der Waals surface area (Å²) in [5.41, 5.74) is 4.46. The van der Waals surface area contributed by atoms with Crippen molar-refractivity contribution in [1.29, 1.82) is 0 Å². The van der Waals surface area contributed by atoms with Crippen LogP contribution in [0.15, 0.2) is 53.6 Å². The number of ketones is 1. The van der Waals surface area contributed by atoms with E-state index in [0.717, 1.165) is 94.6 Å². The van der Waals surface area contributed by atoms with Crippen molar-refractivity contribution in [2.24, 2.45) is 0 Å². The number of anilines is 3. The summed E-state index contributed by atoms with van der Waals surface area (Å²) in [4.78, 5) is 71.4. The van der Waals surface area contributed by atoms with Gasteiger partial charge in [-0.15, -0.1) is 0 Å². The van der Waals surface area contributed by atoms with Crippen LogP contribution in [0.5, 0.6) is 0 Å². The van der Waals surface area contributed by atoms with Crippen molar-refractivity contribution in [2.45, 2.75) is 76.8 Å². The lowest BCUT2D eigenvalue weighted by Crippen LogP contribution is -2.63. The molecule has 3 aliphatic heterocycles. The molecule has 0 spiro atoms. The fraction of sp³-hybridized carbons (Fsp3) is 0.475. The van der Waals surface area contributed by atoms with E-state index in [1.807, 2.05) is 24.4 Å². The molecule has 4 aromatic rings. The largest absolute Gasteiger partial charge is 0.367 e. The van der Waals surface area contributed by atoms with Crippen LogP contribution in [0.2, 0.25) is 0 Å². The molecule has 1 aromatic carbocycles. The monoisotopic (exact) mass is 717 g/mol. The summed E-state index contributed by atoms with van der Waals surface area (Å²) >= 11 is 0. The van der Waals surface area contributed by atoms with E-state index < -0.39 is 0 Å². The molecule has 8 rings (SSSR count). The predicted molar refractivity (Wildman–Crippen MR) is 203 cm³/mol. The molecular formula is C40H47N9O4. The Balaban J connectivity index is 0.831. The molecule has 0 bridgehead atoms. The van der Waals surface area contributed by atoms with Gasteiger partial charge in [-0.25, -0.2) is 9.97 Å². The van der Waals surface area contributed by atoms with Gasteiger partial charge in [-0.1, -0.05) is 37.1 Å². The maximum atomic E-state index is 13.5. The Labute approximate surface area is 308 Å². The van der Waals surface area contributed by atoms with Crippen molar-refractivity contribution in [3.8, 4) is 0 Å². The third-order valence-corrected chi connectivity index (χ3v) is 11.7. The van der Waals surface area contributed by atoms with E-state index >= 15 is 0 Å². The standard InChI is InChI=1S/C40H47N9O4/c1-25-33-22-42-40(45-37(33)49(29-8-3-4-9-29)39(53)36(25)26(2)50)43-34-12-10-30(21-41-34)48-23-31(24-48)47-18-16-46(17-19-47)15-14-27-6-5-7-28(20-27)32-11-13-35(51)44-38(32)52/h5-7,10,12,20-22,29,31-32H,3-4,8-9,11,13-19,23-24H2,1-2H3,(H,44,51,52)(H,41,42,43,45). The molecule has 2 amide bonds. The Bertz CT molecular complexity index is 2100. The molecule has 13 nitrogen and oxygen atoms in total. The lowest BCUT2D eigenvalue weighted by atomic mass is 9.89. The van der Waals surface area contributed by atoms with Crippen molar-refractivity contribution in [3.63, 3.8) is 0 Å². The number of aromatic nitrogens is 4. The Hall–Kier alpha value is -5.01. The van der Waals surface area contributed by atoms with E-state index in [9.17, 15) is 19.2 Å². The van der Waals surface area contributed by atoms with E-state index in [1.54, 1.807) is 17.7 Å². The smallest absolute Gasteiger partial charge is 0.263 e. The zero-order chi connectivity index (χ0) is 36.6. The van der Waals surface area contributed by atoms with Crippen LogP contribution in [0, 0.1) is 6.92 Å². The first-order chi connectivity index (χ1) is 25.7. The number of benzene rings is 1. The van der Waals surface area contributed by atoms with E-state index in [0.29, 0.717) is 41.9 Å². The number of fused-ring (bicyclic) bond motifs is 1. The number of amides is 2. The fourth-order valence-electron chi connectivity index (χ4n) is 8.58. The number of carbonyl (C=O) groups excluding carboxylic acids is 3. The van der Waals surface area contributed by atoms with Gasteiger partial charge in [0.1, 0.15) is 11.5 Å². The Morgan fingerprint density at radius 3 is 2.45 bits per heavy atom. The number of nitrogens with one attached hydrogen (secondary N) is 2. The van der Waals surface area contributed by atoms with Crippen LogP contribution in [-0.2, 0) is 16.0 Å². The number of piperazine rings is 1. The van der Waals surface area contributed by atoms with Gasteiger partial charge in [0, 0.05) is 75.9 Å². The molecule has 2 N–H and O–H groups in total. The molecule has 3 aromatic heterocycles. The molecule has 0 radical (unpaired) electrons. The summed E-state index contributed by atoms with van der Waals surface area (Å²) in [6, 6.07) is 12.8. The average molecular weight is 718 g/mol. The van der Waals surface area contributed by atoms with Gasteiger partial charge in [0.25, 0.3) is 5.56 Å². The molecule has 1 aliphatic carbocycles. The summed E-state index contributed by atoms with van der Waals surface area (Å²) in [7, 11) is 0. The number of pyridine rings is 2. The molecule has 1 atom stereocenters. The zero-order valence-corrected chi connectivity index (χ0v) is 30.5. The first kappa shape index (κ1) is 35.0. The van der Waals surface area contributed by atoms with Gasteiger partial charge in [-0.2, -0.15) is 4.98 Å². The van der Waals surface area contributed by atoms with Gasteiger partial charge in [0.2, 0.25) is 17.8 Å². The lowest BCUT2D eigenvalue weighted by Gasteiger charge is -2.49. The molecule has 13 heteroatoms. The minimum absolute atomic E-state index is 0.0245. The van der Waals surface area contributed by atoms with Gasteiger partial charge in [0.15, 0.2) is 5.78 Å². The van der Waals surface area contributed by atoms with Crippen molar-refractivity contribution in [3.05, 3.63) is 81.4 Å². The number of nitrogens with zero attached hydrogens (tertiary/aromatic N) is 7. The van der Waals surface area contributed by atoms with Crippen molar-refractivity contribution in [1.82, 2.24) is 34.6 Å². The van der Waals surface area contributed by atoms with Crippen LogP contribution >= 0.6 is 0 Å². The van der Waals surface area contributed by atoms with Gasteiger partial charge >= 0.3 is 0 Å². The number of hydrogen-bond donors (Lipinski definition) is 2. The quantitative estimate of drug-likeness (QED) is 0.181. The summed E-state index contributed by atoms with van der Waals surface area (Å²) in [5, 5.41) is 6.42. The van der Waals surface area contributed by atoms with Gasteiger partial charge in [-0.05, 0) is 68.4 Å². The van der Waals surface area contributed by atoms with Crippen LogP contribution in [0.3, 0.4) is 0 Å². The molecular weight excluding hydrogens is 670 g/mol. The number of rotatable bonds is 10. The number of Topliss-reactive ketones (excluding diaryl/α,β-unsaturated/α-hetero) is 1. The summed E-state index contributed by atoms with van der Waals surface area (Å²) in [6.07, 6.45) is 9.38. The Morgan fingerprint density at radius 1 is 0.943 bits per heavy atom. The van der Waals surface area contributed by atoms with E-state index in [-0.39, 0.29) is 40.7 Å². The molecule has 1 unspecified atom stereocenters. The molecule has 6 heterocycles. The zero-order valence-electron chi connectivity index (χ0n) is 30.5. The topological polar surface area (TPSA) is 146 Å². The van der Waals surface area contributed by atoms with E-state index in [1.165, 1.54) is 12.5 Å². The SMILES string of the molecule is CC(=O)c1c(C)c2cnc(Nc3ccc(N4CC(N5CCN(CCc6cccc(C7CCC(=O)NC7=O)c6)CC5)C4)cn3)nc2n(C2CCCC2)c1=O. The highest BCUT2D eigenvalue weighted by Crippen LogP contribution is 2.32. The van der Waals surface area contributed by atoms with Crippen LogP contribution in [0.1, 0.15) is 84.5 Å². The van der Waals surface area contributed by atoms with Crippen molar-refractivity contribution in [2.75, 3.05) is 56.0 Å². The second kappa shape index (κ2) is 14.8. The lowest BCUT2D eigenvalue weighted by molar-refractivity contribution is -0.134. The molecule has 1 saturated carbocycles. The Morgan fingerprint density at radius 2 is 1.74 bits per heavy atom. The van der Waals surface area contributed by atoms with Crippen molar-refractivity contribution >= 4 is 46.1 Å². The van der Waals surface area contributed by atoms with Gasteiger partial charge in [0.05, 0.1) is 23.4 Å². The number of carbonyl (C=O) groups is 3.